The Morgan fingerprint density at radius 1 is 1.19 bits per heavy atom. The lowest BCUT2D eigenvalue weighted by atomic mass is 9.87. The molecule has 2 unspecified atom stereocenters. The summed E-state index contributed by atoms with van der Waals surface area (Å²) in [6.07, 6.45) is -1.57. The number of hydrogen-bond donors (Lipinski definition) is 1. The van der Waals surface area contributed by atoms with Crippen molar-refractivity contribution < 1.29 is 28.2 Å². The number of aliphatic hydroxyl groups is 1. The van der Waals surface area contributed by atoms with Crippen LogP contribution >= 0.6 is 0 Å². The van der Waals surface area contributed by atoms with Crippen molar-refractivity contribution in [2.75, 3.05) is 6.61 Å². The molecular formula is C20H19F2NO4. The fourth-order valence-corrected chi connectivity index (χ4v) is 3.24. The number of hydrogen-bond acceptors (Lipinski definition) is 4. The van der Waals surface area contributed by atoms with Crippen LogP contribution in [0.1, 0.15) is 37.1 Å². The molecule has 1 aliphatic rings. The Bertz CT molecular complexity index is 870. The van der Waals surface area contributed by atoms with Crippen molar-refractivity contribution in [2.24, 2.45) is 0 Å². The Balaban J connectivity index is 2.04. The molecule has 0 aliphatic carbocycles. The Hall–Kier alpha value is -2.64. The van der Waals surface area contributed by atoms with Gasteiger partial charge >= 0.3 is 0 Å². The first-order valence-electron chi connectivity index (χ1n) is 8.40. The SMILES string of the molecule is CC1(C)OCC(=O)N(C(=O)C(O)c2ccccc2)C1c1ccc(F)c(F)c1. The van der Waals surface area contributed by atoms with Gasteiger partial charge in [-0.1, -0.05) is 36.4 Å². The first kappa shape index (κ1) is 19.1. The van der Waals surface area contributed by atoms with Crippen LogP contribution in [0.2, 0.25) is 0 Å². The van der Waals surface area contributed by atoms with Gasteiger partial charge in [0.25, 0.3) is 11.8 Å². The van der Waals surface area contributed by atoms with E-state index in [4.69, 9.17) is 4.74 Å². The zero-order valence-electron chi connectivity index (χ0n) is 14.9. The summed E-state index contributed by atoms with van der Waals surface area (Å²) in [4.78, 5) is 26.3. The summed E-state index contributed by atoms with van der Waals surface area (Å²) in [7, 11) is 0. The Morgan fingerprint density at radius 3 is 2.48 bits per heavy atom. The van der Waals surface area contributed by atoms with Gasteiger partial charge in [0.05, 0.1) is 11.6 Å². The van der Waals surface area contributed by atoms with E-state index in [1.165, 1.54) is 6.07 Å². The molecule has 142 valence electrons. The van der Waals surface area contributed by atoms with Gasteiger partial charge in [-0.3, -0.25) is 14.5 Å². The van der Waals surface area contributed by atoms with E-state index in [0.29, 0.717) is 5.56 Å². The lowest BCUT2D eigenvalue weighted by Crippen LogP contribution is -2.57. The van der Waals surface area contributed by atoms with Crippen LogP contribution in [0, 0.1) is 11.6 Å². The number of rotatable bonds is 3. The summed E-state index contributed by atoms with van der Waals surface area (Å²) in [6.45, 7) is 2.92. The molecule has 0 aromatic heterocycles. The quantitative estimate of drug-likeness (QED) is 0.896. The third kappa shape index (κ3) is 3.61. The first-order valence-corrected chi connectivity index (χ1v) is 8.40. The maximum absolute atomic E-state index is 13.8. The van der Waals surface area contributed by atoms with E-state index in [9.17, 15) is 23.5 Å². The Morgan fingerprint density at radius 2 is 1.85 bits per heavy atom. The topological polar surface area (TPSA) is 66.8 Å². The third-order valence-electron chi connectivity index (χ3n) is 4.60. The van der Waals surface area contributed by atoms with Gasteiger partial charge in [-0.15, -0.1) is 0 Å². The summed E-state index contributed by atoms with van der Waals surface area (Å²) in [5, 5.41) is 10.5. The number of nitrogens with zero attached hydrogens (tertiary/aromatic N) is 1. The smallest absolute Gasteiger partial charge is 0.263 e. The molecule has 2 atom stereocenters. The van der Waals surface area contributed by atoms with Gasteiger partial charge in [-0.25, -0.2) is 8.78 Å². The third-order valence-corrected chi connectivity index (χ3v) is 4.60. The molecule has 0 saturated carbocycles. The van der Waals surface area contributed by atoms with Crippen LogP contribution in [0.4, 0.5) is 8.78 Å². The average molecular weight is 375 g/mol. The van der Waals surface area contributed by atoms with Crippen molar-refractivity contribution in [3.63, 3.8) is 0 Å². The summed E-state index contributed by atoms with van der Waals surface area (Å²) >= 11 is 0. The molecule has 0 spiro atoms. The van der Waals surface area contributed by atoms with Gasteiger partial charge in [-0.05, 0) is 37.1 Å². The standard InChI is InChI=1S/C20H19F2NO4/c1-20(2)18(13-8-9-14(21)15(22)10-13)23(16(24)11-27-20)19(26)17(25)12-6-4-3-5-7-12/h3-10,17-18,25H,11H2,1-2H3. The maximum Gasteiger partial charge on any atom is 0.263 e. The number of carbonyl (C=O) groups is 2. The van der Waals surface area contributed by atoms with Crippen molar-refractivity contribution in [3.8, 4) is 0 Å². The number of imide groups is 1. The van der Waals surface area contributed by atoms with Crippen molar-refractivity contribution in [1.29, 1.82) is 0 Å². The molecule has 3 rings (SSSR count). The van der Waals surface area contributed by atoms with Crippen molar-refractivity contribution in [3.05, 3.63) is 71.3 Å². The minimum Gasteiger partial charge on any atom is -0.378 e. The summed E-state index contributed by atoms with van der Waals surface area (Å²) < 4.78 is 32.7. The molecule has 1 heterocycles. The number of halogens is 2. The van der Waals surface area contributed by atoms with Crippen molar-refractivity contribution in [1.82, 2.24) is 4.90 Å². The highest BCUT2D eigenvalue weighted by atomic mass is 19.2. The molecule has 2 aromatic carbocycles. The van der Waals surface area contributed by atoms with E-state index < -0.39 is 41.2 Å². The van der Waals surface area contributed by atoms with Gasteiger partial charge < -0.3 is 9.84 Å². The number of morpholine rings is 1. The van der Waals surface area contributed by atoms with Gasteiger partial charge in [0.15, 0.2) is 17.7 Å². The summed E-state index contributed by atoms with van der Waals surface area (Å²) in [5.74, 6) is -3.65. The molecule has 7 heteroatoms. The number of carbonyl (C=O) groups excluding carboxylic acids is 2. The first-order chi connectivity index (χ1) is 12.7. The van der Waals surface area contributed by atoms with E-state index in [1.54, 1.807) is 44.2 Å². The Kier molecular flexibility index (Phi) is 5.08. The fourth-order valence-electron chi connectivity index (χ4n) is 3.24. The second-order valence-corrected chi connectivity index (χ2v) is 6.88. The molecular weight excluding hydrogens is 356 g/mol. The van der Waals surface area contributed by atoms with Gasteiger partial charge in [0.1, 0.15) is 6.61 Å². The van der Waals surface area contributed by atoms with E-state index >= 15 is 0 Å². The highest BCUT2D eigenvalue weighted by molar-refractivity contribution is 5.99. The van der Waals surface area contributed by atoms with Crippen LogP contribution in [-0.2, 0) is 14.3 Å². The Labute approximate surface area is 155 Å². The normalized spacial score (nSPS) is 20.4. The van der Waals surface area contributed by atoms with Gasteiger partial charge in [0, 0.05) is 0 Å². The van der Waals surface area contributed by atoms with Gasteiger partial charge in [-0.2, -0.15) is 0 Å². The van der Waals surface area contributed by atoms with E-state index in [0.717, 1.165) is 17.0 Å². The summed E-state index contributed by atoms with van der Waals surface area (Å²) in [5.41, 5.74) is -0.547. The molecule has 1 N–H and O–H groups in total. The summed E-state index contributed by atoms with van der Waals surface area (Å²) in [6, 6.07) is 10.3. The van der Waals surface area contributed by atoms with Crippen LogP contribution in [0.15, 0.2) is 48.5 Å². The lowest BCUT2D eigenvalue weighted by molar-refractivity contribution is -0.183. The molecule has 27 heavy (non-hydrogen) atoms. The molecule has 2 aromatic rings. The highest BCUT2D eigenvalue weighted by Crippen LogP contribution is 2.39. The van der Waals surface area contributed by atoms with Crippen molar-refractivity contribution >= 4 is 11.8 Å². The second-order valence-electron chi connectivity index (χ2n) is 6.88. The molecule has 0 bridgehead atoms. The largest absolute Gasteiger partial charge is 0.378 e. The molecule has 1 saturated heterocycles. The van der Waals surface area contributed by atoms with Gasteiger partial charge in [0.2, 0.25) is 0 Å². The van der Waals surface area contributed by atoms with E-state index in [2.05, 4.69) is 0 Å². The molecule has 2 amide bonds. The number of ether oxygens (including phenoxy) is 1. The van der Waals surface area contributed by atoms with Crippen LogP contribution < -0.4 is 0 Å². The van der Waals surface area contributed by atoms with Crippen LogP contribution in [0.3, 0.4) is 0 Å². The predicted octanol–water partition coefficient (Wildman–Crippen LogP) is 2.90. The van der Waals surface area contributed by atoms with E-state index in [1.807, 2.05) is 0 Å². The van der Waals surface area contributed by atoms with Crippen LogP contribution in [0.5, 0.6) is 0 Å². The van der Waals surface area contributed by atoms with Crippen LogP contribution in [-0.4, -0.2) is 34.0 Å². The molecule has 1 fully saturated rings. The maximum atomic E-state index is 13.8. The monoisotopic (exact) mass is 375 g/mol. The molecule has 5 nitrogen and oxygen atoms in total. The second kappa shape index (κ2) is 7.17. The van der Waals surface area contributed by atoms with Crippen LogP contribution in [0.25, 0.3) is 0 Å². The average Bonchev–Trinajstić information content (AvgIpc) is 2.65. The lowest BCUT2D eigenvalue weighted by Gasteiger charge is -2.45. The molecule has 0 radical (unpaired) electrons. The zero-order valence-corrected chi connectivity index (χ0v) is 14.9. The highest BCUT2D eigenvalue weighted by Gasteiger charge is 2.47. The number of benzene rings is 2. The number of aliphatic hydroxyl groups excluding tert-OH is 1. The number of amides is 2. The van der Waals surface area contributed by atoms with Crippen molar-refractivity contribution in [2.45, 2.75) is 31.6 Å². The predicted molar refractivity (Wildman–Crippen MR) is 92.4 cm³/mol. The fraction of sp³-hybridized carbons (Fsp3) is 0.300. The minimum atomic E-state index is -1.57. The molecule has 1 aliphatic heterocycles. The minimum absolute atomic E-state index is 0.195. The zero-order chi connectivity index (χ0) is 19.8. The van der Waals surface area contributed by atoms with E-state index in [-0.39, 0.29) is 12.2 Å².